The van der Waals surface area contributed by atoms with Gasteiger partial charge in [-0.05, 0) is 25.1 Å². The number of amides is 3. The lowest BCUT2D eigenvalue weighted by atomic mass is 10.2. The molecule has 6 rings (SSSR count). The third-order valence-corrected chi connectivity index (χ3v) is 8.08. The smallest absolute Gasteiger partial charge is 0.251 e. The fraction of sp³-hybridized carbons (Fsp3) is 0.290. The van der Waals surface area contributed by atoms with Gasteiger partial charge in [0.1, 0.15) is 12.4 Å². The van der Waals surface area contributed by atoms with Crippen LogP contribution in [0, 0.1) is 0 Å². The van der Waals surface area contributed by atoms with E-state index in [2.05, 4.69) is 15.6 Å². The number of nitrogens with one attached hydrogen (secondary N) is 2. The van der Waals surface area contributed by atoms with Crippen LogP contribution in [-0.4, -0.2) is 80.1 Å². The maximum atomic E-state index is 13.5. The molecule has 0 unspecified atom stereocenters. The van der Waals surface area contributed by atoms with Crippen LogP contribution in [0.4, 0.5) is 0 Å². The highest BCUT2D eigenvalue weighted by Crippen LogP contribution is 2.28. The molecule has 3 amide bonds. The van der Waals surface area contributed by atoms with Crippen molar-refractivity contribution in [2.24, 2.45) is 0 Å². The molecule has 1 aliphatic heterocycles. The van der Waals surface area contributed by atoms with E-state index in [0.29, 0.717) is 40.9 Å². The van der Waals surface area contributed by atoms with E-state index < -0.39 is 6.04 Å². The summed E-state index contributed by atoms with van der Waals surface area (Å²) in [6.45, 7) is 2.35. The molecule has 0 fully saturated rings. The predicted molar refractivity (Wildman–Crippen MR) is 166 cm³/mol. The summed E-state index contributed by atoms with van der Waals surface area (Å²) in [7, 11) is 1.53. The fourth-order valence-corrected chi connectivity index (χ4v) is 5.79. The quantitative estimate of drug-likeness (QED) is 0.309. The van der Waals surface area contributed by atoms with Crippen LogP contribution in [0.5, 0.6) is 11.5 Å². The maximum Gasteiger partial charge on any atom is 0.251 e. The summed E-state index contributed by atoms with van der Waals surface area (Å²) < 4.78 is 15.1. The average Bonchev–Trinajstić information content (AvgIpc) is 3.76. The lowest BCUT2D eigenvalue weighted by Crippen LogP contribution is -2.45. The third kappa shape index (κ3) is 6.80. The zero-order valence-electron chi connectivity index (χ0n) is 24.8. The molecule has 1 atom stereocenters. The number of hydrogen-bond donors (Lipinski definition) is 2. The Labute approximate surface area is 262 Å². The lowest BCUT2D eigenvalue weighted by Gasteiger charge is -2.23. The molecule has 0 saturated heterocycles. The SMILES string of the molecule is COc1ccc2cc1OCCn1nc(-c3ccccc3)nc1[C@@H](C)NC(=O)CN(C(=O)Cc1cn3ccsc3n1)CCNC2=O. The summed E-state index contributed by atoms with van der Waals surface area (Å²) in [6, 6.07) is 13.9. The molecular formula is C31H32N8O5S. The third-order valence-electron chi connectivity index (χ3n) is 7.31. The van der Waals surface area contributed by atoms with Crippen molar-refractivity contribution < 1.29 is 23.9 Å². The number of hydrogen-bond acceptors (Lipinski definition) is 9. The Morgan fingerprint density at radius 3 is 2.76 bits per heavy atom. The first-order valence-corrected chi connectivity index (χ1v) is 15.3. The van der Waals surface area contributed by atoms with Crippen LogP contribution >= 0.6 is 11.3 Å². The molecule has 2 aromatic carbocycles. The molecule has 45 heavy (non-hydrogen) atoms. The number of carbonyl (C=O) groups excluding carboxylic acids is 3. The van der Waals surface area contributed by atoms with Crippen molar-refractivity contribution in [1.82, 2.24) is 39.7 Å². The van der Waals surface area contributed by atoms with Gasteiger partial charge < -0.3 is 25.0 Å². The Balaban J connectivity index is 1.29. The maximum absolute atomic E-state index is 13.5. The van der Waals surface area contributed by atoms with Crippen LogP contribution < -0.4 is 20.1 Å². The van der Waals surface area contributed by atoms with Gasteiger partial charge in [0.15, 0.2) is 22.3 Å². The zero-order chi connectivity index (χ0) is 31.3. The molecule has 0 saturated carbocycles. The van der Waals surface area contributed by atoms with Gasteiger partial charge in [0.25, 0.3) is 5.91 Å². The highest BCUT2D eigenvalue weighted by molar-refractivity contribution is 7.15. The van der Waals surface area contributed by atoms with Crippen molar-refractivity contribution >= 4 is 34.0 Å². The van der Waals surface area contributed by atoms with Gasteiger partial charge in [-0.3, -0.25) is 18.8 Å². The summed E-state index contributed by atoms with van der Waals surface area (Å²) in [6.07, 6.45) is 3.69. The lowest BCUT2D eigenvalue weighted by molar-refractivity contribution is -0.135. The van der Waals surface area contributed by atoms with E-state index in [1.807, 2.05) is 53.2 Å². The van der Waals surface area contributed by atoms with Crippen molar-refractivity contribution in [3.8, 4) is 22.9 Å². The number of benzene rings is 2. The van der Waals surface area contributed by atoms with E-state index in [1.165, 1.54) is 23.3 Å². The van der Waals surface area contributed by atoms with Crippen molar-refractivity contribution in [3.05, 3.63) is 83.4 Å². The Kier molecular flexibility index (Phi) is 8.73. The highest BCUT2D eigenvalue weighted by atomic mass is 32.1. The molecule has 0 spiro atoms. The molecular weight excluding hydrogens is 596 g/mol. The van der Waals surface area contributed by atoms with Gasteiger partial charge in [0, 0.05) is 42.0 Å². The minimum Gasteiger partial charge on any atom is -0.493 e. The molecule has 0 aliphatic carbocycles. The van der Waals surface area contributed by atoms with Gasteiger partial charge in [-0.25, -0.2) is 14.6 Å². The van der Waals surface area contributed by atoms with Gasteiger partial charge in [-0.15, -0.1) is 11.3 Å². The van der Waals surface area contributed by atoms with Crippen molar-refractivity contribution in [1.29, 1.82) is 0 Å². The van der Waals surface area contributed by atoms with Gasteiger partial charge in [0.05, 0.1) is 38.4 Å². The zero-order valence-corrected chi connectivity index (χ0v) is 25.6. The average molecular weight is 629 g/mol. The van der Waals surface area contributed by atoms with E-state index >= 15 is 0 Å². The number of fused-ring (bicyclic) bond motifs is 4. The van der Waals surface area contributed by atoms with E-state index in [4.69, 9.17) is 19.6 Å². The molecule has 2 N–H and O–H groups in total. The first kappa shape index (κ1) is 29.8. The summed E-state index contributed by atoms with van der Waals surface area (Å²) in [4.78, 5) is 51.3. The minimum absolute atomic E-state index is 0.0130. The Morgan fingerprint density at radius 2 is 1.96 bits per heavy atom. The van der Waals surface area contributed by atoms with Crippen molar-refractivity contribution in [2.75, 3.05) is 33.4 Å². The monoisotopic (exact) mass is 628 g/mol. The van der Waals surface area contributed by atoms with Crippen LogP contribution in [-0.2, 0) is 22.6 Å². The summed E-state index contributed by atoms with van der Waals surface area (Å²) >= 11 is 1.47. The van der Waals surface area contributed by atoms with Gasteiger partial charge in [-0.1, -0.05) is 30.3 Å². The topological polar surface area (TPSA) is 145 Å². The van der Waals surface area contributed by atoms with Crippen molar-refractivity contribution in [3.63, 3.8) is 0 Å². The molecule has 5 aromatic rings. The van der Waals surface area contributed by atoms with Crippen LogP contribution in [0.3, 0.4) is 0 Å². The van der Waals surface area contributed by atoms with E-state index in [9.17, 15) is 14.4 Å². The largest absolute Gasteiger partial charge is 0.493 e. The number of ether oxygens (including phenoxy) is 2. The molecule has 2 bridgehead atoms. The molecule has 232 valence electrons. The van der Waals surface area contributed by atoms with Crippen LogP contribution in [0.1, 0.15) is 34.8 Å². The van der Waals surface area contributed by atoms with Crippen LogP contribution in [0.15, 0.2) is 66.3 Å². The minimum atomic E-state index is -0.535. The second-order valence-electron chi connectivity index (χ2n) is 10.5. The number of rotatable bonds is 4. The summed E-state index contributed by atoms with van der Waals surface area (Å²) in [5.74, 6) is 0.906. The Hall–Kier alpha value is -5.24. The van der Waals surface area contributed by atoms with Gasteiger partial charge in [-0.2, -0.15) is 5.10 Å². The normalized spacial score (nSPS) is 16.3. The number of carbonyl (C=O) groups is 3. The van der Waals surface area contributed by atoms with Crippen LogP contribution in [0.25, 0.3) is 16.3 Å². The first-order chi connectivity index (χ1) is 21.9. The van der Waals surface area contributed by atoms with Gasteiger partial charge >= 0.3 is 0 Å². The highest BCUT2D eigenvalue weighted by Gasteiger charge is 2.24. The number of methoxy groups -OCH3 is 1. The second-order valence-corrected chi connectivity index (χ2v) is 11.3. The molecule has 1 aliphatic rings. The molecule has 0 radical (unpaired) electrons. The van der Waals surface area contributed by atoms with E-state index in [0.717, 1.165) is 10.5 Å². The Bertz CT molecular complexity index is 1800. The number of thiazole rings is 1. The fourth-order valence-electron chi connectivity index (χ4n) is 5.07. The summed E-state index contributed by atoms with van der Waals surface area (Å²) in [5.41, 5.74) is 1.79. The predicted octanol–water partition coefficient (Wildman–Crippen LogP) is 2.73. The Morgan fingerprint density at radius 1 is 1.11 bits per heavy atom. The number of imidazole rings is 1. The summed E-state index contributed by atoms with van der Waals surface area (Å²) in [5, 5.41) is 12.4. The van der Waals surface area contributed by atoms with E-state index in [-0.39, 0.29) is 50.4 Å². The van der Waals surface area contributed by atoms with Crippen LogP contribution in [0.2, 0.25) is 0 Å². The number of nitrogens with zero attached hydrogens (tertiary/aromatic N) is 6. The molecule has 3 aromatic heterocycles. The molecule has 14 heteroatoms. The van der Waals surface area contributed by atoms with E-state index in [1.54, 1.807) is 29.1 Å². The van der Waals surface area contributed by atoms with Crippen molar-refractivity contribution in [2.45, 2.75) is 25.9 Å². The standard InChI is InChI=1S/C31H32N8O5S/c1-20-29-35-28(21-6-4-3-5-7-21)36-39(29)12-14-44-25-16-22(8-9-24(25)43-2)30(42)32-10-11-37(19-26(40)33-20)27(41)17-23-18-38-13-15-45-31(38)34-23/h3-9,13,15-16,18,20H,10-12,14,17,19H2,1-2H3,(H,32,42)(H,33,40)/t20-/m1/s1. The second kappa shape index (κ2) is 13.2. The van der Waals surface area contributed by atoms with Gasteiger partial charge in [0.2, 0.25) is 11.8 Å². The first-order valence-electron chi connectivity index (χ1n) is 14.5. The molecule has 4 heterocycles. The number of aromatic nitrogens is 5. The molecule has 13 nitrogen and oxygen atoms in total.